The van der Waals surface area contributed by atoms with E-state index < -0.39 is 0 Å². The highest BCUT2D eigenvalue weighted by atomic mass is 35.5. The van der Waals surface area contributed by atoms with E-state index in [0.717, 1.165) is 0 Å². The van der Waals surface area contributed by atoms with Crippen molar-refractivity contribution in [3.05, 3.63) is 57.6 Å². The summed E-state index contributed by atoms with van der Waals surface area (Å²) in [6.07, 6.45) is 2.88. The van der Waals surface area contributed by atoms with Crippen molar-refractivity contribution in [1.29, 1.82) is 0 Å². The first-order valence-corrected chi connectivity index (χ1v) is 9.55. The summed E-state index contributed by atoms with van der Waals surface area (Å²) in [6.45, 7) is 3.78. The molecule has 0 saturated carbocycles. The van der Waals surface area contributed by atoms with Crippen LogP contribution in [0.5, 0.6) is 11.5 Å². The molecule has 2 N–H and O–H groups in total. The van der Waals surface area contributed by atoms with Crippen molar-refractivity contribution < 1.29 is 19.1 Å². The first-order valence-electron chi connectivity index (χ1n) is 8.80. The van der Waals surface area contributed by atoms with Crippen LogP contribution >= 0.6 is 23.2 Å². The quantitative estimate of drug-likeness (QED) is 0.610. The molecule has 0 heterocycles. The van der Waals surface area contributed by atoms with Crippen LogP contribution in [0.15, 0.2) is 36.4 Å². The molecule has 0 atom stereocenters. The zero-order chi connectivity index (χ0) is 21.6. The van der Waals surface area contributed by atoms with Crippen molar-refractivity contribution in [3.8, 4) is 11.5 Å². The van der Waals surface area contributed by atoms with E-state index in [-0.39, 0.29) is 23.5 Å². The molecule has 0 aliphatic carbocycles. The van der Waals surface area contributed by atoms with E-state index in [1.165, 1.54) is 26.3 Å². The second kappa shape index (κ2) is 10.2. The number of amides is 2. The van der Waals surface area contributed by atoms with E-state index in [2.05, 4.69) is 10.6 Å². The number of methoxy groups -OCH3 is 1. The van der Waals surface area contributed by atoms with Gasteiger partial charge >= 0.3 is 0 Å². The summed E-state index contributed by atoms with van der Waals surface area (Å²) in [5.41, 5.74) is 1.38. The second-order valence-electron chi connectivity index (χ2n) is 6.30. The summed E-state index contributed by atoms with van der Waals surface area (Å²) >= 11 is 12.3. The van der Waals surface area contributed by atoms with Gasteiger partial charge in [-0.05, 0) is 55.8 Å². The maximum Gasteiger partial charge on any atom is 0.252 e. The Morgan fingerprint density at radius 1 is 1.10 bits per heavy atom. The molecule has 0 aliphatic heterocycles. The fourth-order valence-corrected chi connectivity index (χ4v) is 2.92. The Morgan fingerprint density at radius 2 is 1.83 bits per heavy atom. The smallest absolute Gasteiger partial charge is 0.252 e. The topological polar surface area (TPSA) is 76.7 Å². The van der Waals surface area contributed by atoms with Crippen molar-refractivity contribution in [3.63, 3.8) is 0 Å². The van der Waals surface area contributed by atoms with Gasteiger partial charge in [-0.2, -0.15) is 0 Å². The van der Waals surface area contributed by atoms with E-state index in [9.17, 15) is 9.59 Å². The molecule has 0 aromatic heterocycles. The van der Waals surface area contributed by atoms with Gasteiger partial charge < -0.3 is 20.1 Å². The molecule has 0 bridgehead atoms. The van der Waals surface area contributed by atoms with Gasteiger partial charge in [-0.3, -0.25) is 9.59 Å². The average molecular weight is 437 g/mol. The lowest BCUT2D eigenvalue weighted by molar-refractivity contribution is -0.111. The van der Waals surface area contributed by atoms with Crippen molar-refractivity contribution in [2.75, 3.05) is 19.5 Å². The predicted molar refractivity (Wildman–Crippen MR) is 116 cm³/mol. The molecule has 2 aromatic rings. The summed E-state index contributed by atoms with van der Waals surface area (Å²) in [5.74, 6) is 0.202. The Hall–Kier alpha value is -2.70. The number of ether oxygens (including phenoxy) is 2. The van der Waals surface area contributed by atoms with Crippen LogP contribution in [0.25, 0.3) is 6.08 Å². The molecule has 2 amide bonds. The van der Waals surface area contributed by atoms with Gasteiger partial charge in [0.25, 0.3) is 5.91 Å². The number of carbonyl (C=O) groups is 2. The van der Waals surface area contributed by atoms with Crippen LogP contribution in [-0.4, -0.2) is 32.1 Å². The van der Waals surface area contributed by atoms with Crippen LogP contribution in [0.4, 0.5) is 5.69 Å². The lowest BCUT2D eigenvalue weighted by atomic mass is 10.1. The lowest BCUT2D eigenvalue weighted by Gasteiger charge is -2.15. The standard InChI is InChI=1S/C21H22Cl2N2O4/c1-12(2)29-20-17(23)9-13(10-18(20)28-4)5-8-19(26)25-14-6-7-16(22)15(11-14)21(27)24-3/h5-12H,1-4H3,(H,24,27)(H,25,26)/b8-5+. The molecule has 0 spiro atoms. The molecular formula is C21H22Cl2N2O4. The zero-order valence-electron chi connectivity index (χ0n) is 16.5. The Balaban J connectivity index is 2.17. The minimum atomic E-state index is -0.382. The molecule has 0 radical (unpaired) electrons. The number of hydrogen-bond donors (Lipinski definition) is 2. The minimum absolute atomic E-state index is 0.0624. The average Bonchev–Trinajstić information content (AvgIpc) is 2.68. The highest BCUT2D eigenvalue weighted by molar-refractivity contribution is 6.34. The van der Waals surface area contributed by atoms with Crippen molar-refractivity contribution >= 4 is 46.8 Å². The number of anilines is 1. The van der Waals surface area contributed by atoms with Crippen LogP contribution in [0.2, 0.25) is 10.0 Å². The third-order valence-corrected chi connectivity index (χ3v) is 4.35. The highest BCUT2D eigenvalue weighted by Gasteiger charge is 2.13. The van der Waals surface area contributed by atoms with Crippen molar-refractivity contribution in [2.45, 2.75) is 20.0 Å². The zero-order valence-corrected chi connectivity index (χ0v) is 18.0. The molecular weight excluding hydrogens is 415 g/mol. The number of rotatable bonds is 7. The third kappa shape index (κ3) is 6.14. The first-order chi connectivity index (χ1) is 13.7. The molecule has 154 valence electrons. The van der Waals surface area contributed by atoms with Crippen LogP contribution in [0.3, 0.4) is 0 Å². The summed E-state index contributed by atoms with van der Waals surface area (Å²) in [4.78, 5) is 24.1. The van der Waals surface area contributed by atoms with Gasteiger partial charge in [0.05, 0.1) is 28.8 Å². The third-order valence-electron chi connectivity index (χ3n) is 3.74. The normalized spacial score (nSPS) is 10.9. The van der Waals surface area contributed by atoms with Gasteiger partial charge in [-0.25, -0.2) is 0 Å². The monoisotopic (exact) mass is 436 g/mol. The van der Waals surface area contributed by atoms with Crippen LogP contribution in [0, 0.1) is 0 Å². The molecule has 0 fully saturated rings. The molecule has 8 heteroatoms. The van der Waals surface area contributed by atoms with Gasteiger partial charge in [0.1, 0.15) is 0 Å². The second-order valence-corrected chi connectivity index (χ2v) is 7.11. The van der Waals surface area contributed by atoms with Crippen LogP contribution in [0.1, 0.15) is 29.8 Å². The Bertz CT molecular complexity index is 943. The molecule has 6 nitrogen and oxygen atoms in total. The Morgan fingerprint density at radius 3 is 2.45 bits per heavy atom. The number of hydrogen-bond acceptors (Lipinski definition) is 4. The van der Waals surface area contributed by atoms with Gasteiger partial charge in [0, 0.05) is 18.8 Å². The first kappa shape index (κ1) is 22.6. The van der Waals surface area contributed by atoms with Gasteiger partial charge in [-0.1, -0.05) is 23.2 Å². The van der Waals surface area contributed by atoms with Gasteiger partial charge in [-0.15, -0.1) is 0 Å². The summed E-state index contributed by atoms with van der Waals surface area (Å²) in [6, 6.07) is 8.06. The highest BCUT2D eigenvalue weighted by Crippen LogP contribution is 2.37. The molecule has 29 heavy (non-hydrogen) atoms. The fourth-order valence-electron chi connectivity index (χ4n) is 2.45. The molecule has 0 saturated heterocycles. The van der Waals surface area contributed by atoms with Crippen molar-refractivity contribution in [1.82, 2.24) is 5.32 Å². The van der Waals surface area contributed by atoms with Crippen LogP contribution in [-0.2, 0) is 4.79 Å². The van der Waals surface area contributed by atoms with E-state index in [1.54, 1.807) is 30.3 Å². The summed E-state index contributed by atoms with van der Waals surface area (Å²) < 4.78 is 11.0. The Kier molecular flexibility index (Phi) is 7.93. The SMILES string of the molecule is CNC(=O)c1cc(NC(=O)/C=C/c2cc(Cl)c(OC(C)C)c(OC)c2)ccc1Cl. The number of carbonyl (C=O) groups excluding carboxylic acids is 2. The van der Waals surface area contributed by atoms with Gasteiger partial charge in [0.2, 0.25) is 5.91 Å². The Labute approximate surface area is 179 Å². The van der Waals surface area contributed by atoms with Gasteiger partial charge in [0.15, 0.2) is 11.5 Å². The summed E-state index contributed by atoms with van der Waals surface area (Å²) in [7, 11) is 3.02. The predicted octanol–water partition coefficient (Wildman–Crippen LogP) is 4.80. The fraction of sp³-hybridized carbons (Fsp3) is 0.238. The maximum atomic E-state index is 12.3. The van der Waals surface area contributed by atoms with Crippen LogP contribution < -0.4 is 20.1 Å². The van der Waals surface area contributed by atoms with E-state index in [4.69, 9.17) is 32.7 Å². The van der Waals surface area contributed by atoms with E-state index >= 15 is 0 Å². The molecule has 0 unspecified atom stereocenters. The number of benzene rings is 2. The lowest BCUT2D eigenvalue weighted by Crippen LogP contribution is -2.18. The molecule has 0 aliphatic rings. The number of nitrogens with one attached hydrogen (secondary N) is 2. The summed E-state index contributed by atoms with van der Waals surface area (Å²) in [5, 5.41) is 5.86. The molecule has 2 aromatic carbocycles. The van der Waals surface area contributed by atoms with Crippen molar-refractivity contribution in [2.24, 2.45) is 0 Å². The largest absolute Gasteiger partial charge is 0.493 e. The number of halogens is 2. The van der Waals surface area contributed by atoms with E-state index in [0.29, 0.717) is 32.8 Å². The van der Waals surface area contributed by atoms with E-state index in [1.807, 2.05) is 13.8 Å². The molecule has 2 rings (SSSR count). The maximum absolute atomic E-state index is 12.3. The minimum Gasteiger partial charge on any atom is -0.493 e.